The fourth-order valence-electron chi connectivity index (χ4n) is 3.00. The maximum Gasteiger partial charge on any atom is 0.226 e. The van der Waals surface area contributed by atoms with E-state index in [2.05, 4.69) is 5.32 Å². The highest BCUT2D eigenvalue weighted by atomic mass is 32.2. The minimum absolute atomic E-state index is 0.0448. The minimum atomic E-state index is -0.116. The van der Waals surface area contributed by atoms with Crippen molar-refractivity contribution < 1.29 is 14.3 Å². The monoisotopic (exact) mass is 434 g/mol. The van der Waals surface area contributed by atoms with Crippen LogP contribution in [0.4, 0.5) is 5.69 Å². The second-order valence-electron chi connectivity index (χ2n) is 7.03. The van der Waals surface area contributed by atoms with Crippen LogP contribution in [-0.2, 0) is 16.1 Å². The first kappa shape index (κ1) is 22.4. The lowest BCUT2D eigenvalue weighted by atomic mass is 10.2. The highest BCUT2D eigenvalue weighted by Gasteiger charge is 2.12. The van der Waals surface area contributed by atoms with E-state index in [4.69, 9.17) is 4.74 Å². The highest BCUT2D eigenvalue weighted by molar-refractivity contribution is 7.99. The molecule has 0 aromatic heterocycles. The molecule has 3 rings (SSSR count). The van der Waals surface area contributed by atoms with E-state index in [-0.39, 0.29) is 18.2 Å². The number of hydrogen-bond donors (Lipinski definition) is 1. The molecule has 3 aromatic carbocycles. The molecule has 0 radical (unpaired) electrons. The summed E-state index contributed by atoms with van der Waals surface area (Å²) in [5, 5.41) is 2.90. The van der Waals surface area contributed by atoms with Crippen LogP contribution in [0.3, 0.4) is 0 Å². The Balaban J connectivity index is 1.49. The Morgan fingerprint density at radius 1 is 0.903 bits per heavy atom. The summed E-state index contributed by atoms with van der Waals surface area (Å²) in [6.45, 7) is 2.41. The molecule has 0 saturated heterocycles. The van der Waals surface area contributed by atoms with E-state index >= 15 is 0 Å². The Hall–Kier alpha value is -3.25. The zero-order valence-corrected chi connectivity index (χ0v) is 18.5. The van der Waals surface area contributed by atoms with Crippen molar-refractivity contribution in [1.29, 1.82) is 0 Å². The van der Waals surface area contributed by atoms with Gasteiger partial charge in [-0.2, -0.15) is 0 Å². The van der Waals surface area contributed by atoms with Gasteiger partial charge in [0.2, 0.25) is 11.8 Å². The number of nitrogens with zero attached hydrogens (tertiary/aromatic N) is 1. The summed E-state index contributed by atoms with van der Waals surface area (Å²) < 4.78 is 5.18. The molecule has 6 heteroatoms. The molecule has 0 unspecified atom stereocenters. The summed E-state index contributed by atoms with van der Waals surface area (Å²) in [7, 11) is 1.65. The standard InChI is InChI=1S/C25H26N2O3S/c1-19(28)27(18-20-6-4-3-5-7-20)17-16-25(29)26-21-8-12-23(13-9-21)31-24-14-10-22(30-2)11-15-24/h3-15H,16-18H2,1-2H3,(H,26,29). The Labute approximate surface area is 187 Å². The molecule has 160 valence electrons. The summed E-state index contributed by atoms with van der Waals surface area (Å²) in [4.78, 5) is 28.2. The second kappa shape index (κ2) is 11.2. The van der Waals surface area contributed by atoms with Gasteiger partial charge in [0.1, 0.15) is 5.75 Å². The van der Waals surface area contributed by atoms with Gasteiger partial charge in [-0.1, -0.05) is 42.1 Å². The van der Waals surface area contributed by atoms with Crippen molar-refractivity contribution in [2.45, 2.75) is 29.7 Å². The summed E-state index contributed by atoms with van der Waals surface area (Å²) in [5.41, 5.74) is 1.78. The Bertz CT molecular complexity index is 990. The molecular formula is C25H26N2O3S. The topological polar surface area (TPSA) is 58.6 Å². The Morgan fingerprint density at radius 3 is 2.10 bits per heavy atom. The van der Waals surface area contributed by atoms with Gasteiger partial charge in [0, 0.05) is 41.9 Å². The molecule has 0 spiro atoms. The average molecular weight is 435 g/mol. The third-order valence-electron chi connectivity index (χ3n) is 4.70. The first-order chi connectivity index (χ1) is 15.0. The smallest absolute Gasteiger partial charge is 0.226 e. The van der Waals surface area contributed by atoms with Gasteiger partial charge in [-0.3, -0.25) is 9.59 Å². The van der Waals surface area contributed by atoms with Gasteiger partial charge in [0.25, 0.3) is 0 Å². The first-order valence-corrected chi connectivity index (χ1v) is 10.9. The Kier molecular flexibility index (Phi) is 8.12. The summed E-state index contributed by atoms with van der Waals surface area (Å²) in [5.74, 6) is 0.668. The predicted molar refractivity (Wildman–Crippen MR) is 124 cm³/mol. The lowest BCUT2D eigenvalue weighted by molar-refractivity contribution is -0.129. The van der Waals surface area contributed by atoms with Crippen LogP contribution >= 0.6 is 11.8 Å². The molecule has 0 saturated carbocycles. The molecule has 2 amide bonds. The van der Waals surface area contributed by atoms with Crippen LogP contribution in [0.1, 0.15) is 18.9 Å². The fraction of sp³-hybridized carbons (Fsp3) is 0.200. The number of carbonyl (C=O) groups excluding carboxylic acids is 2. The van der Waals surface area contributed by atoms with Crippen molar-refractivity contribution in [3.63, 3.8) is 0 Å². The number of carbonyl (C=O) groups is 2. The largest absolute Gasteiger partial charge is 0.497 e. The number of amides is 2. The lowest BCUT2D eigenvalue weighted by Crippen LogP contribution is -2.31. The van der Waals surface area contributed by atoms with Crippen LogP contribution in [-0.4, -0.2) is 30.4 Å². The van der Waals surface area contributed by atoms with Crippen LogP contribution in [0.15, 0.2) is 88.7 Å². The van der Waals surface area contributed by atoms with Crippen LogP contribution in [0.5, 0.6) is 5.75 Å². The van der Waals surface area contributed by atoms with Gasteiger partial charge in [0.05, 0.1) is 7.11 Å². The van der Waals surface area contributed by atoms with Gasteiger partial charge in [-0.05, 0) is 54.1 Å². The Morgan fingerprint density at radius 2 is 1.52 bits per heavy atom. The van der Waals surface area contributed by atoms with E-state index in [0.717, 1.165) is 26.8 Å². The molecule has 0 fully saturated rings. The lowest BCUT2D eigenvalue weighted by Gasteiger charge is -2.21. The van der Waals surface area contributed by atoms with E-state index in [1.807, 2.05) is 78.9 Å². The van der Waals surface area contributed by atoms with Crippen molar-refractivity contribution in [3.8, 4) is 5.75 Å². The molecule has 3 aromatic rings. The summed E-state index contributed by atoms with van der Waals surface area (Å²) in [6.07, 6.45) is 0.245. The molecular weight excluding hydrogens is 408 g/mol. The third kappa shape index (κ3) is 7.19. The van der Waals surface area contributed by atoms with Gasteiger partial charge >= 0.3 is 0 Å². The van der Waals surface area contributed by atoms with Gasteiger partial charge in [0.15, 0.2) is 0 Å². The van der Waals surface area contributed by atoms with Gasteiger partial charge in [-0.25, -0.2) is 0 Å². The summed E-state index contributed by atoms with van der Waals surface area (Å²) >= 11 is 1.64. The van der Waals surface area contributed by atoms with Crippen molar-refractivity contribution >= 4 is 29.3 Å². The molecule has 0 aliphatic carbocycles. The van der Waals surface area contributed by atoms with E-state index < -0.39 is 0 Å². The van der Waals surface area contributed by atoms with Crippen LogP contribution in [0.25, 0.3) is 0 Å². The molecule has 0 atom stereocenters. The van der Waals surface area contributed by atoms with Crippen LogP contribution in [0.2, 0.25) is 0 Å². The normalized spacial score (nSPS) is 10.4. The number of anilines is 1. The third-order valence-corrected chi connectivity index (χ3v) is 5.72. The second-order valence-corrected chi connectivity index (χ2v) is 8.17. The van der Waals surface area contributed by atoms with Crippen LogP contribution < -0.4 is 10.1 Å². The van der Waals surface area contributed by atoms with Crippen LogP contribution in [0, 0.1) is 0 Å². The van der Waals surface area contributed by atoms with E-state index in [1.54, 1.807) is 23.8 Å². The average Bonchev–Trinajstić information content (AvgIpc) is 2.79. The maximum absolute atomic E-state index is 12.4. The molecule has 31 heavy (non-hydrogen) atoms. The molecule has 0 heterocycles. The minimum Gasteiger partial charge on any atom is -0.497 e. The summed E-state index contributed by atoms with van der Waals surface area (Å²) in [6, 6.07) is 25.4. The van der Waals surface area contributed by atoms with Gasteiger partial charge in [-0.15, -0.1) is 0 Å². The van der Waals surface area contributed by atoms with Crippen molar-refractivity contribution in [2.75, 3.05) is 19.0 Å². The molecule has 5 nitrogen and oxygen atoms in total. The number of rotatable bonds is 9. The number of hydrogen-bond acceptors (Lipinski definition) is 4. The predicted octanol–water partition coefficient (Wildman–Crippen LogP) is 5.22. The molecule has 0 bridgehead atoms. The quantitative estimate of drug-likeness (QED) is 0.501. The van der Waals surface area contributed by atoms with Gasteiger partial charge < -0.3 is 15.0 Å². The molecule has 0 aliphatic rings. The zero-order valence-electron chi connectivity index (χ0n) is 17.7. The van der Waals surface area contributed by atoms with Crippen molar-refractivity contribution in [1.82, 2.24) is 4.90 Å². The van der Waals surface area contributed by atoms with E-state index in [9.17, 15) is 9.59 Å². The van der Waals surface area contributed by atoms with Crippen molar-refractivity contribution in [2.24, 2.45) is 0 Å². The van der Waals surface area contributed by atoms with Crippen molar-refractivity contribution in [3.05, 3.63) is 84.4 Å². The number of nitrogens with one attached hydrogen (secondary N) is 1. The van der Waals surface area contributed by atoms with E-state index in [0.29, 0.717) is 13.1 Å². The first-order valence-electron chi connectivity index (χ1n) is 10.0. The number of benzene rings is 3. The zero-order chi connectivity index (χ0) is 22.1. The number of methoxy groups -OCH3 is 1. The fourth-order valence-corrected chi connectivity index (χ4v) is 3.81. The molecule has 1 N–H and O–H groups in total. The molecule has 0 aliphatic heterocycles. The SMILES string of the molecule is COc1ccc(Sc2ccc(NC(=O)CCN(Cc3ccccc3)C(C)=O)cc2)cc1. The van der Waals surface area contributed by atoms with E-state index in [1.165, 1.54) is 6.92 Å². The number of ether oxygens (including phenoxy) is 1. The maximum atomic E-state index is 12.4. The highest BCUT2D eigenvalue weighted by Crippen LogP contribution is 2.29.